The molecule has 3 heterocycles. The normalized spacial score (nSPS) is 21.5. The van der Waals surface area contributed by atoms with E-state index in [1.807, 2.05) is 6.92 Å². The monoisotopic (exact) mass is 337 g/mol. The van der Waals surface area contributed by atoms with Gasteiger partial charge in [-0.1, -0.05) is 11.3 Å². The van der Waals surface area contributed by atoms with Crippen LogP contribution >= 0.6 is 11.3 Å². The van der Waals surface area contributed by atoms with E-state index in [4.69, 9.17) is 4.74 Å². The average molecular weight is 337 g/mol. The first-order valence-electron chi connectivity index (χ1n) is 7.93. The Kier molecular flexibility index (Phi) is 4.72. The molecule has 2 aromatic rings. The van der Waals surface area contributed by atoms with Gasteiger partial charge in [-0.15, -0.1) is 0 Å². The van der Waals surface area contributed by atoms with E-state index in [2.05, 4.69) is 10.1 Å². The smallest absolute Gasteiger partial charge is 0.314 e. The van der Waals surface area contributed by atoms with Gasteiger partial charge in [0, 0.05) is 11.8 Å². The highest BCUT2D eigenvalue weighted by Crippen LogP contribution is 2.13. The Labute approximate surface area is 137 Å². The van der Waals surface area contributed by atoms with Crippen molar-refractivity contribution < 1.29 is 14.4 Å². The summed E-state index contributed by atoms with van der Waals surface area (Å²) in [5.74, 6) is -0.126. The molecule has 7 nitrogen and oxygen atoms in total. The van der Waals surface area contributed by atoms with E-state index < -0.39 is 0 Å². The summed E-state index contributed by atoms with van der Waals surface area (Å²) in [5.41, 5.74) is 0.561. The number of aryl methyl sites for hydroxylation is 1. The standard InChI is InChI=1S/C15H20N4O3S/c1-3-22-14(21)11-5-4-6-18(8-11)9-12-17-19-13(20)7-10(2)16-15(19)23-12/h7,11H,3-6,8-9H2,1-2H3/p+1/t11-/m0/s1. The summed E-state index contributed by atoms with van der Waals surface area (Å²) < 4.78 is 6.50. The highest BCUT2D eigenvalue weighted by atomic mass is 32.1. The molecule has 3 rings (SSSR count). The Bertz CT molecular complexity index is 770. The van der Waals surface area contributed by atoms with Gasteiger partial charge >= 0.3 is 5.97 Å². The third kappa shape index (κ3) is 3.59. The summed E-state index contributed by atoms with van der Waals surface area (Å²) in [6, 6.07) is 1.49. The zero-order valence-electron chi connectivity index (χ0n) is 13.4. The molecule has 23 heavy (non-hydrogen) atoms. The van der Waals surface area contributed by atoms with Gasteiger partial charge in [0.2, 0.25) is 4.96 Å². The number of hydrogen-bond acceptors (Lipinski definition) is 6. The van der Waals surface area contributed by atoms with Crippen LogP contribution in [-0.2, 0) is 16.1 Å². The number of esters is 1. The highest BCUT2D eigenvalue weighted by Gasteiger charge is 2.30. The molecular weight excluding hydrogens is 316 g/mol. The molecular formula is C15H21N4O3S+. The number of nitrogens with zero attached hydrogens (tertiary/aromatic N) is 3. The number of quaternary nitrogens is 1. The topological polar surface area (TPSA) is 78.0 Å². The number of piperidine rings is 1. The van der Waals surface area contributed by atoms with Crippen molar-refractivity contribution in [1.82, 2.24) is 14.6 Å². The van der Waals surface area contributed by atoms with Crippen LogP contribution in [-0.4, -0.2) is 40.3 Å². The summed E-state index contributed by atoms with van der Waals surface area (Å²) in [5, 5.41) is 5.25. The van der Waals surface area contributed by atoms with Crippen molar-refractivity contribution in [3.8, 4) is 0 Å². The second kappa shape index (κ2) is 6.76. The van der Waals surface area contributed by atoms with E-state index in [9.17, 15) is 9.59 Å². The zero-order chi connectivity index (χ0) is 16.4. The molecule has 0 saturated carbocycles. The predicted molar refractivity (Wildman–Crippen MR) is 85.6 cm³/mol. The molecule has 0 aliphatic carbocycles. The Hall–Kier alpha value is -1.80. The Morgan fingerprint density at radius 3 is 3.17 bits per heavy atom. The van der Waals surface area contributed by atoms with Crippen LogP contribution in [0, 0.1) is 12.8 Å². The first kappa shape index (κ1) is 16.1. The molecule has 1 fully saturated rings. The van der Waals surface area contributed by atoms with Crippen LogP contribution in [0.25, 0.3) is 4.96 Å². The summed E-state index contributed by atoms with van der Waals surface area (Å²) in [7, 11) is 0. The molecule has 0 bridgehead atoms. The molecule has 2 aromatic heterocycles. The van der Waals surface area contributed by atoms with Crippen molar-refractivity contribution in [3.63, 3.8) is 0 Å². The maximum absolute atomic E-state index is 11.9. The molecule has 124 valence electrons. The maximum Gasteiger partial charge on any atom is 0.314 e. The second-order valence-corrected chi connectivity index (χ2v) is 6.94. The molecule has 0 amide bonds. The fourth-order valence-corrected chi connectivity index (χ4v) is 4.03. The first-order chi connectivity index (χ1) is 11.1. The lowest BCUT2D eigenvalue weighted by molar-refractivity contribution is -0.921. The summed E-state index contributed by atoms with van der Waals surface area (Å²) >= 11 is 1.44. The van der Waals surface area contributed by atoms with E-state index in [0.717, 1.165) is 30.9 Å². The maximum atomic E-state index is 11.9. The number of rotatable bonds is 4. The molecule has 1 N–H and O–H groups in total. The third-order valence-electron chi connectivity index (χ3n) is 4.05. The second-order valence-electron chi connectivity index (χ2n) is 5.90. The number of nitrogens with one attached hydrogen (secondary N) is 1. The largest absolute Gasteiger partial charge is 0.466 e. The van der Waals surface area contributed by atoms with E-state index in [1.165, 1.54) is 26.8 Å². The molecule has 2 atom stereocenters. The van der Waals surface area contributed by atoms with Gasteiger partial charge in [-0.3, -0.25) is 9.59 Å². The number of ether oxygens (including phenoxy) is 1. The van der Waals surface area contributed by atoms with Gasteiger partial charge in [-0.2, -0.15) is 9.61 Å². The van der Waals surface area contributed by atoms with Crippen LogP contribution in [0.3, 0.4) is 0 Å². The van der Waals surface area contributed by atoms with Crippen LogP contribution in [0.1, 0.15) is 30.5 Å². The minimum atomic E-state index is -0.145. The van der Waals surface area contributed by atoms with Crippen molar-refractivity contribution >= 4 is 22.3 Å². The van der Waals surface area contributed by atoms with Crippen molar-refractivity contribution in [2.24, 2.45) is 5.92 Å². The molecule has 8 heteroatoms. The van der Waals surface area contributed by atoms with Crippen molar-refractivity contribution in [2.45, 2.75) is 33.2 Å². The molecule has 1 aliphatic rings. The number of fused-ring (bicyclic) bond motifs is 1. The molecule has 1 saturated heterocycles. The minimum absolute atomic E-state index is 0.0313. The number of aromatic nitrogens is 3. The lowest BCUT2D eigenvalue weighted by Crippen LogP contribution is -3.12. The molecule has 0 radical (unpaired) electrons. The van der Waals surface area contributed by atoms with Gasteiger partial charge in [-0.25, -0.2) is 4.98 Å². The molecule has 1 aliphatic heterocycles. The van der Waals surface area contributed by atoms with Crippen molar-refractivity contribution in [2.75, 3.05) is 19.7 Å². The van der Waals surface area contributed by atoms with Crippen LogP contribution in [0.15, 0.2) is 10.9 Å². The number of carbonyl (C=O) groups is 1. The van der Waals surface area contributed by atoms with E-state index in [-0.39, 0.29) is 17.4 Å². The SMILES string of the molecule is CCOC(=O)[C@H]1CCC[NH+](Cc2nn3c(=O)cc(C)nc3s2)C1. The fourth-order valence-electron chi connectivity index (χ4n) is 3.02. The van der Waals surface area contributed by atoms with Crippen molar-refractivity contribution in [3.05, 3.63) is 27.1 Å². The van der Waals surface area contributed by atoms with E-state index in [1.54, 1.807) is 6.92 Å². The fraction of sp³-hybridized carbons (Fsp3) is 0.600. The van der Waals surface area contributed by atoms with E-state index >= 15 is 0 Å². The number of hydrogen-bond donors (Lipinski definition) is 1. The number of carbonyl (C=O) groups excluding carboxylic acids is 1. The van der Waals surface area contributed by atoms with Gasteiger partial charge in [0.1, 0.15) is 12.5 Å². The van der Waals surface area contributed by atoms with Crippen LogP contribution in [0.5, 0.6) is 0 Å². The summed E-state index contributed by atoms with van der Waals surface area (Å²) in [6.07, 6.45) is 1.89. The first-order valence-corrected chi connectivity index (χ1v) is 8.75. The van der Waals surface area contributed by atoms with Crippen LogP contribution in [0.4, 0.5) is 0 Å². The zero-order valence-corrected chi connectivity index (χ0v) is 14.2. The number of likely N-dealkylation sites (tertiary alicyclic amines) is 1. The highest BCUT2D eigenvalue weighted by molar-refractivity contribution is 7.16. The van der Waals surface area contributed by atoms with Gasteiger partial charge in [0.25, 0.3) is 5.56 Å². The molecule has 0 aromatic carbocycles. The Morgan fingerprint density at radius 2 is 2.39 bits per heavy atom. The lowest BCUT2D eigenvalue weighted by Gasteiger charge is -2.27. The van der Waals surface area contributed by atoms with Gasteiger partial charge in [0.05, 0.1) is 19.7 Å². The van der Waals surface area contributed by atoms with Gasteiger partial charge in [0.15, 0.2) is 5.01 Å². The van der Waals surface area contributed by atoms with Gasteiger partial charge in [-0.05, 0) is 26.7 Å². The minimum Gasteiger partial charge on any atom is -0.466 e. The summed E-state index contributed by atoms with van der Waals surface area (Å²) in [4.78, 5) is 30.1. The lowest BCUT2D eigenvalue weighted by atomic mass is 9.98. The Balaban J connectivity index is 1.73. The average Bonchev–Trinajstić information content (AvgIpc) is 2.90. The van der Waals surface area contributed by atoms with Crippen molar-refractivity contribution in [1.29, 1.82) is 0 Å². The van der Waals surface area contributed by atoms with E-state index in [0.29, 0.717) is 23.8 Å². The quantitative estimate of drug-likeness (QED) is 0.783. The predicted octanol–water partition coefficient (Wildman–Crippen LogP) is -0.183. The summed E-state index contributed by atoms with van der Waals surface area (Å²) in [6.45, 7) is 6.54. The van der Waals surface area contributed by atoms with Crippen LogP contribution in [0.2, 0.25) is 0 Å². The third-order valence-corrected chi connectivity index (χ3v) is 4.96. The Morgan fingerprint density at radius 1 is 1.57 bits per heavy atom. The molecule has 1 unspecified atom stereocenters. The van der Waals surface area contributed by atoms with Gasteiger partial charge < -0.3 is 9.64 Å². The van der Waals surface area contributed by atoms with Crippen LogP contribution < -0.4 is 10.5 Å². The molecule has 0 spiro atoms.